The van der Waals surface area contributed by atoms with Gasteiger partial charge in [0.15, 0.2) is 0 Å². The van der Waals surface area contributed by atoms with E-state index in [2.05, 4.69) is 0 Å². The molecule has 5 rings (SSSR count). The minimum Gasteiger partial charge on any atom is -0.303 e. The molecular formula is C28H20F2N2O2. The van der Waals surface area contributed by atoms with Gasteiger partial charge in [0.2, 0.25) is 0 Å². The zero-order valence-electron chi connectivity index (χ0n) is 18.1. The number of benzene rings is 4. The molecule has 1 aliphatic rings. The molecule has 0 bridgehead atoms. The first kappa shape index (κ1) is 21.5. The Bertz CT molecular complexity index is 1260. The molecule has 1 heterocycles. The summed E-state index contributed by atoms with van der Waals surface area (Å²) in [5.74, 6) is -1.27. The van der Waals surface area contributed by atoms with Gasteiger partial charge >= 0.3 is 0 Å². The fourth-order valence-electron chi connectivity index (χ4n) is 4.15. The molecular weight excluding hydrogens is 434 g/mol. The van der Waals surface area contributed by atoms with Crippen LogP contribution in [-0.2, 0) is 13.1 Å². The Hall–Kier alpha value is -4.32. The van der Waals surface area contributed by atoms with Crippen LogP contribution in [0.3, 0.4) is 0 Å². The second-order valence-electron chi connectivity index (χ2n) is 8.07. The highest BCUT2D eigenvalue weighted by Gasteiger charge is 2.32. The second-order valence-corrected chi connectivity index (χ2v) is 8.07. The van der Waals surface area contributed by atoms with Crippen molar-refractivity contribution < 1.29 is 18.4 Å². The Morgan fingerprint density at radius 3 is 1.24 bits per heavy atom. The monoisotopic (exact) mass is 454 g/mol. The molecule has 0 N–H and O–H groups in total. The first-order chi connectivity index (χ1) is 16.5. The molecule has 4 aromatic carbocycles. The van der Waals surface area contributed by atoms with Crippen LogP contribution in [0.5, 0.6) is 0 Å². The van der Waals surface area contributed by atoms with Crippen molar-refractivity contribution in [3.63, 3.8) is 0 Å². The zero-order chi connectivity index (χ0) is 23.7. The van der Waals surface area contributed by atoms with Gasteiger partial charge in [0.25, 0.3) is 11.8 Å². The normalized spacial score (nSPS) is 13.2. The number of para-hydroxylation sites is 2. The summed E-state index contributed by atoms with van der Waals surface area (Å²) in [6.45, 7) is 0.353. The van der Waals surface area contributed by atoms with Gasteiger partial charge in [-0.1, -0.05) is 48.5 Å². The highest BCUT2D eigenvalue weighted by Crippen LogP contribution is 2.34. The van der Waals surface area contributed by atoms with Gasteiger partial charge in [0.05, 0.1) is 35.6 Å². The lowest BCUT2D eigenvalue weighted by molar-refractivity contribution is 0.0972. The number of halogens is 2. The van der Waals surface area contributed by atoms with E-state index in [1.165, 1.54) is 24.3 Å². The Kier molecular flexibility index (Phi) is 5.64. The molecule has 4 nitrogen and oxygen atoms in total. The van der Waals surface area contributed by atoms with Crippen molar-refractivity contribution in [3.8, 4) is 0 Å². The molecule has 4 aromatic rings. The van der Waals surface area contributed by atoms with E-state index in [9.17, 15) is 18.4 Å². The number of hydrogen-bond donors (Lipinski definition) is 0. The third-order valence-electron chi connectivity index (χ3n) is 5.85. The van der Waals surface area contributed by atoms with E-state index in [0.29, 0.717) is 22.5 Å². The van der Waals surface area contributed by atoms with Gasteiger partial charge in [-0.15, -0.1) is 0 Å². The maximum Gasteiger partial charge on any atom is 0.260 e. The lowest BCUT2D eigenvalue weighted by atomic mass is 10.0. The topological polar surface area (TPSA) is 40.6 Å². The summed E-state index contributed by atoms with van der Waals surface area (Å²) in [6.07, 6.45) is 0. The van der Waals surface area contributed by atoms with E-state index in [4.69, 9.17) is 0 Å². The van der Waals surface area contributed by atoms with Crippen LogP contribution in [0.25, 0.3) is 0 Å². The third-order valence-corrected chi connectivity index (χ3v) is 5.85. The van der Waals surface area contributed by atoms with Crippen LogP contribution < -0.4 is 9.80 Å². The van der Waals surface area contributed by atoms with Crippen molar-refractivity contribution in [3.05, 3.63) is 131 Å². The van der Waals surface area contributed by atoms with Crippen molar-refractivity contribution in [1.82, 2.24) is 0 Å². The van der Waals surface area contributed by atoms with Gasteiger partial charge in [-0.3, -0.25) is 9.59 Å². The predicted octanol–water partition coefficient (Wildman–Crippen LogP) is 5.97. The summed E-state index contributed by atoms with van der Waals surface area (Å²) >= 11 is 0. The molecule has 34 heavy (non-hydrogen) atoms. The molecule has 0 fully saturated rings. The van der Waals surface area contributed by atoms with E-state index >= 15 is 0 Å². The number of amides is 2. The maximum absolute atomic E-state index is 13.8. The zero-order valence-corrected chi connectivity index (χ0v) is 18.1. The van der Waals surface area contributed by atoms with Crippen LogP contribution in [0, 0.1) is 11.6 Å². The van der Waals surface area contributed by atoms with Crippen LogP contribution in [0.15, 0.2) is 97.1 Å². The second kappa shape index (κ2) is 8.90. The standard InChI is InChI=1S/C28H20F2N2O2/c29-21-13-9-19(10-14-21)17-31-25-7-3-1-5-23(25)27(33)32(18-20-11-15-22(30)16-12-20)26-8-4-2-6-24(26)28(31)34/h1-16H,17-18H2. The van der Waals surface area contributed by atoms with Gasteiger partial charge in [0.1, 0.15) is 11.6 Å². The molecule has 0 atom stereocenters. The molecule has 0 aromatic heterocycles. The number of rotatable bonds is 4. The van der Waals surface area contributed by atoms with Crippen molar-refractivity contribution in [2.24, 2.45) is 0 Å². The SMILES string of the molecule is O=C1c2ccccc2N(Cc2ccc(F)cc2)C(=O)c2ccccc2N1Cc1ccc(F)cc1. The number of carbonyl (C=O) groups is 2. The summed E-state index contributed by atoms with van der Waals surface area (Å²) in [5.41, 5.74) is 3.15. The van der Waals surface area contributed by atoms with E-state index in [1.54, 1.807) is 82.6 Å². The van der Waals surface area contributed by atoms with Crippen molar-refractivity contribution in [2.45, 2.75) is 13.1 Å². The molecule has 168 valence electrons. The quantitative estimate of drug-likeness (QED) is 0.381. The van der Waals surface area contributed by atoms with Crippen LogP contribution in [-0.4, -0.2) is 11.8 Å². The van der Waals surface area contributed by atoms with Crippen LogP contribution in [0.4, 0.5) is 20.2 Å². The fourth-order valence-corrected chi connectivity index (χ4v) is 4.15. The van der Waals surface area contributed by atoms with Crippen LogP contribution >= 0.6 is 0 Å². The van der Waals surface area contributed by atoms with Gasteiger partial charge < -0.3 is 9.80 Å². The summed E-state index contributed by atoms with van der Waals surface area (Å²) in [4.78, 5) is 30.8. The van der Waals surface area contributed by atoms with E-state index < -0.39 is 0 Å². The van der Waals surface area contributed by atoms with Gasteiger partial charge in [-0.25, -0.2) is 8.78 Å². The Balaban J connectivity index is 1.63. The van der Waals surface area contributed by atoms with E-state index in [0.717, 1.165) is 11.1 Å². The van der Waals surface area contributed by atoms with Gasteiger partial charge in [0, 0.05) is 0 Å². The molecule has 0 spiro atoms. The first-order valence-electron chi connectivity index (χ1n) is 10.8. The Labute approximate surface area is 195 Å². The maximum atomic E-state index is 13.8. The number of anilines is 2. The summed E-state index contributed by atoms with van der Waals surface area (Å²) in [6, 6.07) is 25.8. The lowest BCUT2D eigenvalue weighted by Gasteiger charge is -2.33. The summed E-state index contributed by atoms with van der Waals surface area (Å²) in [7, 11) is 0. The van der Waals surface area contributed by atoms with E-state index in [1.807, 2.05) is 0 Å². The molecule has 1 aliphatic heterocycles. The largest absolute Gasteiger partial charge is 0.303 e. The predicted molar refractivity (Wildman–Crippen MR) is 127 cm³/mol. The minimum absolute atomic E-state index is 0.176. The average molecular weight is 454 g/mol. The summed E-state index contributed by atoms with van der Waals surface area (Å²) < 4.78 is 26.9. The molecule has 0 saturated heterocycles. The molecule has 0 radical (unpaired) electrons. The highest BCUT2D eigenvalue weighted by molar-refractivity contribution is 6.20. The fraction of sp³-hybridized carbons (Fsp3) is 0.0714. The highest BCUT2D eigenvalue weighted by atomic mass is 19.1. The smallest absolute Gasteiger partial charge is 0.260 e. The average Bonchev–Trinajstić information content (AvgIpc) is 2.87. The molecule has 0 unspecified atom stereocenters. The van der Waals surface area contributed by atoms with Crippen LogP contribution in [0.2, 0.25) is 0 Å². The van der Waals surface area contributed by atoms with E-state index in [-0.39, 0.29) is 36.5 Å². The van der Waals surface area contributed by atoms with Crippen molar-refractivity contribution in [2.75, 3.05) is 9.80 Å². The molecule has 0 aliphatic carbocycles. The molecule has 2 amide bonds. The Morgan fingerprint density at radius 2 is 0.853 bits per heavy atom. The number of nitrogens with zero attached hydrogens (tertiary/aromatic N) is 2. The summed E-state index contributed by atoms with van der Waals surface area (Å²) in [5, 5.41) is 0. The van der Waals surface area contributed by atoms with Crippen LogP contribution in [0.1, 0.15) is 31.8 Å². The van der Waals surface area contributed by atoms with Crippen molar-refractivity contribution >= 4 is 23.2 Å². The lowest BCUT2D eigenvalue weighted by Crippen LogP contribution is -2.40. The van der Waals surface area contributed by atoms with Gasteiger partial charge in [-0.05, 0) is 59.7 Å². The van der Waals surface area contributed by atoms with Gasteiger partial charge in [-0.2, -0.15) is 0 Å². The van der Waals surface area contributed by atoms with Crippen molar-refractivity contribution in [1.29, 1.82) is 0 Å². The Morgan fingerprint density at radius 1 is 0.500 bits per heavy atom. The number of hydrogen-bond acceptors (Lipinski definition) is 2. The minimum atomic E-state index is -0.361. The number of carbonyl (C=O) groups excluding carboxylic acids is 2. The molecule has 6 heteroatoms. The third kappa shape index (κ3) is 4.06. The molecule has 0 saturated carbocycles. The number of fused-ring (bicyclic) bond motifs is 2. The first-order valence-corrected chi connectivity index (χ1v) is 10.8.